The first kappa shape index (κ1) is 13.2. The maximum absolute atomic E-state index is 11.1. The van der Waals surface area contributed by atoms with Crippen molar-refractivity contribution in [1.29, 1.82) is 0 Å². The molecule has 4 N–H and O–H groups in total. The number of halogens is 1. The lowest BCUT2D eigenvalue weighted by Crippen LogP contribution is -2.51. The summed E-state index contributed by atoms with van der Waals surface area (Å²) in [6.45, 7) is 0. The van der Waals surface area contributed by atoms with Crippen LogP contribution in [0.3, 0.4) is 0 Å². The molecule has 1 aromatic rings. The first-order chi connectivity index (χ1) is 8.61. The molecule has 2 rings (SSSR count). The van der Waals surface area contributed by atoms with Crippen LogP contribution in [0.5, 0.6) is 0 Å². The molecular formula is C12H16BrN3O2. The third-order valence-electron chi connectivity index (χ3n) is 2.98. The number of carbonyl (C=O) groups excluding carboxylic acids is 1. The van der Waals surface area contributed by atoms with E-state index in [2.05, 4.69) is 31.9 Å². The van der Waals surface area contributed by atoms with Gasteiger partial charge in [-0.1, -0.05) is 6.07 Å². The molecule has 18 heavy (non-hydrogen) atoms. The highest BCUT2D eigenvalue weighted by molar-refractivity contribution is 9.10. The molecule has 6 heteroatoms. The zero-order chi connectivity index (χ0) is 13.1. The summed E-state index contributed by atoms with van der Waals surface area (Å²) in [6.07, 6.45) is 0.190. The normalized spacial score (nSPS) is 23.4. The molecule has 1 fully saturated rings. The molecule has 98 valence electrons. The van der Waals surface area contributed by atoms with Crippen LogP contribution in [-0.4, -0.2) is 30.3 Å². The molecule has 2 unspecified atom stereocenters. The summed E-state index contributed by atoms with van der Waals surface area (Å²) in [5.74, 6) is -0.108. The van der Waals surface area contributed by atoms with E-state index in [0.29, 0.717) is 12.8 Å². The summed E-state index contributed by atoms with van der Waals surface area (Å²) in [5, 5.41) is 18.7. The lowest BCUT2D eigenvalue weighted by atomic mass is 10.0. The highest BCUT2D eigenvalue weighted by Gasteiger charge is 2.27. The largest absolute Gasteiger partial charge is 0.386 e. The van der Waals surface area contributed by atoms with Gasteiger partial charge in [-0.05, 0) is 34.5 Å². The van der Waals surface area contributed by atoms with Crippen LogP contribution in [0.4, 0.5) is 11.4 Å². The van der Waals surface area contributed by atoms with E-state index in [0.717, 1.165) is 15.8 Å². The van der Waals surface area contributed by atoms with Crippen LogP contribution in [0, 0.1) is 0 Å². The third kappa shape index (κ3) is 2.76. The smallest absolute Gasteiger partial charge is 0.222 e. The summed E-state index contributed by atoms with van der Waals surface area (Å²) >= 11 is 3.46. The second-order valence-electron chi connectivity index (χ2n) is 4.21. The van der Waals surface area contributed by atoms with Crippen molar-refractivity contribution in [1.82, 2.24) is 5.32 Å². The quantitative estimate of drug-likeness (QED) is 0.682. The van der Waals surface area contributed by atoms with Gasteiger partial charge < -0.3 is 21.1 Å². The molecule has 0 bridgehead atoms. The number of piperidine rings is 1. The molecule has 1 amide bonds. The second kappa shape index (κ2) is 5.58. The number of nitrogens with one attached hydrogen (secondary N) is 3. The number of rotatable bonds is 3. The van der Waals surface area contributed by atoms with Gasteiger partial charge in [0.2, 0.25) is 5.91 Å². The van der Waals surface area contributed by atoms with Crippen molar-refractivity contribution < 1.29 is 9.90 Å². The van der Waals surface area contributed by atoms with Crippen molar-refractivity contribution in [3.63, 3.8) is 0 Å². The number of hydrogen-bond acceptors (Lipinski definition) is 4. The van der Waals surface area contributed by atoms with Crippen molar-refractivity contribution in [3.8, 4) is 0 Å². The van der Waals surface area contributed by atoms with Crippen molar-refractivity contribution in [2.75, 3.05) is 17.7 Å². The lowest BCUT2D eigenvalue weighted by molar-refractivity contribution is -0.126. The standard InChI is InChI=1S/C12H16BrN3O2/c1-14-11-7(13)3-2-4-8(11)15-9-5-6-10(17)16-12(9)18/h2-4,9,12,14-15,18H,5-6H2,1H3,(H,16,17). The molecule has 0 saturated carbocycles. The Morgan fingerprint density at radius 1 is 1.50 bits per heavy atom. The van der Waals surface area contributed by atoms with E-state index in [1.54, 1.807) is 0 Å². The highest BCUT2D eigenvalue weighted by atomic mass is 79.9. The number of para-hydroxylation sites is 1. The molecule has 0 aromatic heterocycles. The number of carbonyl (C=O) groups is 1. The molecule has 0 spiro atoms. The first-order valence-corrected chi connectivity index (χ1v) is 6.61. The van der Waals surface area contributed by atoms with Crippen LogP contribution >= 0.6 is 15.9 Å². The fourth-order valence-electron chi connectivity index (χ4n) is 2.03. The average Bonchev–Trinajstić information content (AvgIpc) is 2.33. The average molecular weight is 314 g/mol. The van der Waals surface area contributed by atoms with E-state index in [9.17, 15) is 9.90 Å². The van der Waals surface area contributed by atoms with Crippen LogP contribution in [0.25, 0.3) is 0 Å². The molecule has 1 saturated heterocycles. The predicted molar refractivity (Wildman–Crippen MR) is 74.5 cm³/mol. The van der Waals surface area contributed by atoms with Crippen LogP contribution in [0.2, 0.25) is 0 Å². The predicted octanol–water partition coefficient (Wildman–Crippen LogP) is 1.50. The van der Waals surface area contributed by atoms with Gasteiger partial charge in [0, 0.05) is 17.9 Å². The summed E-state index contributed by atoms with van der Waals surface area (Å²) in [7, 11) is 1.84. The summed E-state index contributed by atoms with van der Waals surface area (Å²) in [4.78, 5) is 11.1. The van der Waals surface area contributed by atoms with Crippen molar-refractivity contribution in [2.45, 2.75) is 25.1 Å². The molecule has 1 aliphatic rings. The minimum absolute atomic E-state index is 0.108. The Hall–Kier alpha value is -1.27. The second-order valence-corrected chi connectivity index (χ2v) is 5.07. The number of aliphatic hydroxyl groups is 1. The van der Waals surface area contributed by atoms with Gasteiger partial charge in [-0.25, -0.2) is 0 Å². The Bertz CT molecular complexity index is 453. The van der Waals surface area contributed by atoms with Crippen molar-refractivity contribution >= 4 is 33.2 Å². The minimum Gasteiger partial charge on any atom is -0.386 e. The van der Waals surface area contributed by atoms with Gasteiger partial charge in [0.1, 0.15) is 6.23 Å². The topological polar surface area (TPSA) is 73.4 Å². The van der Waals surface area contributed by atoms with Crippen LogP contribution in [0.15, 0.2) is 22.7 Å². The summed E-state index contributed by atoms with van der Waals surface area (Å²) in [5.41, 5.74) is 1.83. The van der Waals surface area contributed by atoms with E-state index in [1.807, 2.05) is 25.2 Å². The van der Waals surface area contributed by atoms with Crippen LogP contribution in [0.1, 0.15) is 12.8 Å². The van der Waals surface area contributed by atoms with Crippen LogP contribution in [-0.2, 0) is 4.79 Å². The van der Waals surface area contributed by atoms with Gasteiger partial charge in [0.25, 0.3) is 0 Å². The van der Waals surface area contributed by atoms with E-state index in [-0.39, 0.29) is 11.9 Å². The minimum atomic E-state index is -0.852. The molecule has 1 aliphatic heterocycles. The molecule has 2 atom stereocenters. The summed E-state index contributed by atoms with van der Waals surface area (Å²) in [6, 6.07) is 5.61. The van der Waals surface area contributed by atoms with E-state index in [1.165, 1.54) is 0 Å². The van der Waals surface area contributed by atoms with Crippen molar-refractivity contribution in [2.24, 2.45) is 0 Å². The monoisotopic (exact) mass is 313 g/mol. The highest BCUT2D eigenvalue weighted by Crippen LogP contribution is 2.31. The number of amides is 1. The van der Waals surface area contributed by atoms with Gasteiger partial charge in [0.05, 0.1) is 17.4 Å². The van der Waals surface area contributed by atoms with Gasteiger partial charge in [0.15, 0.2) is 0 Å². The van der Waals surface area contributed by atoms with E-state index >= 15 is 0 Å². The fraction of sp³-hybridized carbons (Fsp3) is 0.417. The Labute approximate surface area is 114 Å². The molecule has 0 aliphatic carbocycles. The molecular weight excluding hydrogens is 298 g/mol. The Morgan fingerprint density at radius 3 is 2.94 bits per heavy atom. The van der Waals surface area contributed by atoms with Crippen LogP contribution < -0.4 is 16.0 Å². The maximum Gasteiger partial charge on any atom is 0.222 e. The lowest BCUT2D eigenvalue weighted by Gasteiger charge is -2.30. The maximum atomic E-state index is 11.1. The first-order valence-electron chi connectivity index (χ1n) is 5.82. The van der Waals surface area contributed by atoms with E-state index < -0.39 is 6.23 Å². The number of aliphatic hydroxyl groups excluding tert-OH is 1. The Kier molecular flexibility index (Phi) is 4.08. The third-order valence-corrected chi connectivity index (χ3v) is 3.64. The molecule has 5 nitrogen and oxygen atoms in total. The number of anilines is 2. The van der Waals surface area contributed by atoms with Gasteiger partial charge in [-0.2, -0.15) is 0 Å². The summed E-state index contributed by atoms with van der Waals surface area (Å²) < 4.78 is 0.948. The molecule has 1 aromatic carbocycles. The zero-order valence-electron chi connectivity index (χ0n) is 10.0. The Balaban J connectivity index is 2.14. The SMILES string of the molecule is CNc1c(Br)cccc1NC1CCC(=O)NC1O. The fourth-order valence-corrected chi connectivity index (χ4v) is 2.60. The molecule has 1 heterocycles. The van der Waals surface area contributed by atoms with Gasteiger partial charge in [-0.15, -0.1) is 0 Å². The van der Waals surface area contributed by atoms with Crippen molar-refractivity contribution in [3.05, 3.63) is 22.7 Å². The van der Waals surface area contributed by atoms with Gasteiger partial charge >= 0.3 is 0 Å². The number of benzene rings is 1. The van der Waals surface area contributed by atoms with E-state index in [4.69, 9.17) is 0 Å². The number of hydrogen-bond donors (Lipinski definition) is 4. The van der Waals surface area contributed by atoms with Gasteiger partial charge in [-0.3, -0.25) is 4.79 Å². The zero-order valence-corrected chi connectivity index (χ0v) is 11.6. The molecule has 0 radical (unpaired) electrons. The Morgan fingerprint density at radius 2 is 2.28 bits per heavy atom.